The standard InChI is InChI=1S/C14H19N3O5S2/c1-8-13(9(2)22-15-8)24(20,21)16-10-5-3-4-6-11(10)17-12(18)7-23-14(17)19/h10-11,16H,3-7H2,1-2H3/t10-,11-/m0/s1. The summed E-state index contributed by atoms with van der Waals surface area (Å²) in [7, 11) is -3.84. The molecule has 3 rings (SSSR count). The second kappa shape index (κ2) is 6.49. The summed E-state index contributed by atoms with van der Waals surface area (Å²) >= 11 is 0.965. The Kier molecular flexibility index (Phi) is 4.71. The smallest absolute Gasteiger partial charge is 0.289 e. The van der Waals surface area contributed by atoms with E-state index in [9.17, 15) is 18.0 Å². The van der Waals surface area contributed by atoms with E-state index in [1.54, 1.807) is 6.92 Å². The largest absolute Gasteiger partial charge is 0.360 e. The molecule has 0 radical (unpaired) electrons. The van der Waals surface area contributed by atoms with Crippen molar-refractivity contribution in [2.75, 3.05) is 5.75 Å². The summed E-state index contributed by atoms with van der Waals surface area (Å²) in [5, 5.41) is 3.38. The Labute approximate surface area is 144 Å². The SMILES string of the molecule is Cc1noc(C)c1S(=O)(=O)N[C@H]1CCCC[C@@H]1N1C(=O)CSC1=O. The molecular formula is C14H19N3O5S2. The monoisotopic (exact) mass is 373 g/mol. The van der Waals surface area contributed by atoms with Crippen molar-refractivity contribution in [2.45, 2.75) is 56.5 Å². The van der Waals surface area contributed by atoms with E-state index in [-0.39, 0.29) is 33.2 Å². The Morgan fingerprint density at radius 1 is 1.25 bits per heavy atom. The molecule has 1 aromatic rings. The number of hydrogen-bond acceptors (Lipinski definition) is 7. The lowest BCUT2D eigenvalue weighted by atomic mass is 9.90. The third-order valence-corrected chi connectivity index (χ3v) is 6.96. The van der Waals surface area contributed by atoms with Crippen molar-refractivity contribution in [3.63, 3.8) is 0 Å². The van der Waals surface area contributed by atoms with Crippen LogP contribution in [0.15, 0.2) is 9.42 Å². The molecule has 1 aliphatic carbocycles. The molecule has 1 aliphatic heterocycles. The average Bonchev–Trinajstić information content (AvgIpc) is 3.02. The zero-order valence-corrected chi connectivity index (χ0v) is 15.1. The number of carbonyl (C=O) groups is 2. The quantitative estimate of drug-likeness (QED) is 0.853. The van der Waals surface area contributed by atoms with Gasteiger partial charge in [-0.2, -0.15) is 0 Å². The van der Waals surface area contributed by atoms with Gasteiger partial charge in [0.25, 0.3) is 5.24 Å². The summed E-state index contributed by atoms with van der Waals surface area (Å²) in [6.07, 6.45) is 2.88. The predicted octanol–water partition coefficient (Wildman–Crippen LogP) is 1.58. The van der Waals surface area contributed by atoms with Crippen LogP contribution in [0.5, 0.6) is 0 Å². The van der Waals surface area contributed by atoms with Gasteiger partial charge < -0.3 is 4.52 Å². The lowest BCUT2D eigenvalue weighted by Crippen LogP contribution is -2.54. The van der Waals surface area contributed by atoms with Crippen molar-refractivity contribution < 1.29 is 22.5 Å². The normalized spacial score (nSPS) is 25.5. The maximum absolute atomic E-state index is 12.7. The number of aryl methyl sites for hydroxylation is 2. The van der Waals surface area contributed by atoms with Crippen LogP contribution >= 0.6 is 11.8 Å². The lowest BCUT2D eigenvalue weighted by molar-refractivity contribution is -0.127. The van der Waals surface area contributed by atoms with Crippen LogP contribution in [0, 0.1) is 13.8 Å². The van der Waals surface area contributed by atoms with E-state index in [1.807, 2.05) is 0 Å². The Morgan fingerprint density at radius 3 is 2.54 bits per heavy atom. The van der Waals surface area contributed by atoms with Crippen molar-refractivity contribution in [1.82, 2.24) is 14.8 Å². The Bertz CT molecular complexity index is 738. The van der Waals surface area contributed by atoms with Crippen molar-refractivity contribution in [3.05, 3.63) is 11.5 Å². The van der Waals surface area contributed by atoms with Gasteiger partial charge in [0.1, 0.15) is 10.6 Å². The minimum Gasteiger partial charge on any atom is -0.360 e. The van der Waals surface area contributed by atoms with Crippen LogP contribution in [-0.4, -0.2) is 47.5 Å². The molecule has 0 bridgehead atoms. The van der Waals surface area contributed by atoms with E-state index in [0.29, 0.717) is 12.8 Å². The molecule has 24 heavy (non-hydrogen) atoms. The van der Waals surface area contributed by atoms with Crippen LogP contribution in [0.2, 0.25) is 0 Å². The molecule has 2 aliphatic rings. The molecule has 1 N–H and O–H groups in total. The first-order valence-electron chi connectivity index (χ1n) is 7.75. The number of imide groups is 1. The Morgan fingerprint density at radius 2 is 1.96 bits per heavy atom. The van der Waals surface area contributed by atoms with E-state index in [0.717, 1.165) is 24.6 Å². The molecular weight excluding hydrogens is 354 g/mol. The number of hydrogen-bond donors (Lipinski definition) is 1. The minimum atomic E-state index is -3.84. The highest BCUT2D eigenvalue weighted by Gasteiger charge is 2.42. The number of rotatable bonds is 4. The van der Waals surface area contributed by atoms with Crippen LogP contribution in [0.4, 0.5) is 4.79 Å². The summed E-state index contributed by atoms with van der Waals surface area (Å²) in [5.74, 6) is 0.0910. The molecule has 132 valence electrons. The summed E-state index contributed by atoms with van der Waals surface area (Å²) in [5.41, 5.74) is 0.288. The molecule has 2 amide bonds. The summed E-state index contributed by atoms with van der Waals surface area (Å²) in [4.78, 5) is 25.3. The van der Waals surface area contributed by atoms with Gasteiger partial charge in [-0.1, -0.05) is 29.8 Å². The van der Waals surface area contributed by atoms with Crippen LogP contribution < -0.4 is 4.72 Å². The van der Waals surface area contributed by atoms with E-state index in [1.165, 1.54) is 11.8 Å². The Hall–Kier alpha value is -1.39. The third-order valence-electron chi connectivity index (χ3n) is 4.39. The minimum absolute atomic E-state index is 0.0280. The number of carbonyl (C=O) groups excluding carboxylic acids is 2. The van der Waals surface area contributed by atoms with Crippen LogP contribution in [0.25, 0.3) is 0 Å². The zero-order chi connectivity index (χ0) is 17.5. The number of amides is 2. The second-order valence-corrected chi connectivity index (χ2v) is 8.63. The number of nitrogens with one attached hydrogen (secondary N) is 1. The fraction of sp³-hybridized carbons (Fsp3) is 0.643. The van der Waals surface area contributed by atoms with Crippen molar-refractivity contribution in [3.8, 4) is 0 Å². The average molecular weight is 373 g/mol. The van der Waals surface area contributed by atoms with Gasteiger partial charge in [0.2, 0.25) is 15.9 Å². The highest BCUT2D eigenvalue weighted by Crippen LogP contribution is 2.31. The fourth-order valence-corrected chi connectivity index (χ4v) is 5.75. The number of sulfonamides is 1. The van der Waals surface area contributed by atoms with Gasteiger partial charge in [-0.3, -0.25) is 14.5 Å². The van der Waals surface area contributed by atoms with E-state index in [2.05, 4.69) is 9.88 Å². The van der Waals surface area contributed by atoms with Gasteiger partial charge in [-0.05, 0) is 26.7 Å². The number of nitrogens with zero attached hydrogens (tertiary/aromatic N) is 2. The third kappa shape index (κ3) is 3.09. The van der Waals surface area contributed by atoms with Crippen LogP contribution in [0.1, 0.15) is 37.1 Å². The van der Waals surface area contributed by atoms with E-state index in [4.69, 9.17) is 4.52 Å². The van der Waals surface area contributed by atoms with Gasteiger partial charge >= 0.3 is 0 Å². The molecule has 2 heterocycles. The van der Waals surface area contributed by atoms with Gasteiger partial charge in [-0.15, -0.1) is 0 Å². The van der Waals surface area contributed by atoms with Gasteiger partial charge in [0.15, 0.2) is 5.76 Å². The fourth-order valence-electron chi connectivity index (χ4n) is 3.36. The van der Waals surface area contributed by atoms with Gasteiger partial charge in [-0.25, -0.2) is 13.1 Å². The first kappa shape index (κ1) is 17.4. The molecule has 1 saturated heterocycles. The van der Waals surface area contributed by atoms with E-state index < -0.39 is 22.1 Å². The summed E-state index contributed by atoms with van der Waals surface area (Å²) in [6, 6.07) is -0.937. The van der Waals surface area contributed by atoms with Crippen LogP contribution in [-0.2, 0) is 14.8 Å². The molecule has 10 heteroatoms. The number of thioether (sulfide) groups is 1. The van der Waals surface area contributed by atoms with E-state index >= 15 is 0 Å². The van der Waals surface area contributed by atoms with Gasteiger partial charge in [0, 0.05) is 6.04 Å². The molecule has 2 fully saturated rings. The number of aromatic nitrogens is 1. The first-order chi connectivity index (χ1) is 11.3. The second-order valence-electron chi connectivity index (χ2n) is 6.05. The molecule has 0 aromatic carbocycles. The highest BCUT2D eigenvalue weighted by molar-refractivity contribution is 8.14. The highest BCUT2D eigenvalue weighted by atomic mass is 32.2. The Balaban J connectivity index is 1.87. The molecule has 0 spiro atoms. The topological polar surface area (TPSA) is 110 Å². The van der Waals surface area contributed by atoms with Crippen molar-refractivity contribution >= 4 is 32.9 Å². The predicted molar refractivity (Wildman–Crippen MR) is 87.0 cm³/mol. The molecule has 0 unspecified atom stereocenters. The molecule has 8 nitrogen and oxygen atoms in total. The maximum atomic E-state index is 12.7. The lowest BCUT2D eigenvalue weighted by Gasteiger charge is -2.36. The molecule has 2 atom stereocenters. The molecule has 1 aromatic heterocycles. The first-order valence-corrected chi connectivity index (χ1v) is 10.2. The zero-order valence-electron chi connectivity index (χ0n) is 13.4. The van der Waals surface area contributed by atoms with Gasteiger partial charge in [0.05, 0.1) is 11.8 Å². The summed E-state index contributed by atoms with van der Waals surface area (Å²) in [6.45, 7) is 3.10. The van der Waals surface area contributed by atoms with Crippen LogP contribution in [0.3, 0.4) is 0 Å². The summed E-state index contributed by atoms with van der Waals surface area (Å²) < 4.78 is 33.0. The van der Waals surface area contributed by atoms with Crippen molar-refractivity contribution in [1.29, 1.82) is 0 Å². The van der Waals surface area contributed by atoms with Crippen molar-refractivity contribution in [2.24, 2.45) is 0 Å². The maximum Gasteiger partial charge on any atom is 0.289 e. The molecule has 1 saturated carbocycles.